The molecule has 2 aromatic carbocycles. The van der Waals surface area contributed by atoms with Crippen molar-refractivity contribution in [1.82, 2.24) is 24.3 Å². The number of halogens is 1. The summed E-state index contributed by atoms with van der Waals surface area (Å²) in [6, 6.07) is 12.6. The van der Waals surface area contributed by atoms with Gasteiger partial charge in [0, 0.05) is 61.7 Å². The second kappa shape index (κ2) is 13.9. The van der Waals surface area contributed by atoms with E-state index >= 15 is 0 Å². The highest BCUT2D eigenvalue weighted by molar-refractivity contribution is 6.36. The summed E-state index contributed by atoms with van der Waals surface area (Å²) in [6.07, 6.45) is 3.40. The molecule has 13 nitrogen and oxygen atoms in total. The van der Waals surface area contributed by atoms with Gasteiger partial charge >= 0.3 is 11.8 Å². The van der Waals surface area contributed by atoms with Gasteiger partial charge in [0.15, 0.2) is 0 Å². The van der Waals surface area contributed by atoms with Crippen LogP contribution in [0.2, 0.25) is 5.02 Å². The molecular weight excluding hydrogens is 688 g/mol. The average Bonchev–Trinajstić information content (AvgIpc) is 3.76. The zero-order chi connectivity index (χ0) is 36.8. The van der Waals surface area contributed by atoms with E-state index in [0.29, 0.717) is 72.1 Å². The summed E-state index contributed by atoms with van der Waals surface area (Å²) in [5.74, 6) is -0.222. The molecule has 4 heterocycles. The van der Waals surface area contributed by atoms with Gasteiger partial charge in [-0.2, -0.15) is 0 Å². The van der Waals surface area contributed by atoms with Crippen molar-refractivity contribution in [2.45, 2.75) is 64.1 Å². The zero-order valence-corrected chi connectivity index (χ0v) is 30.1. The molecule has 1 fully saturated rings. The Balaban J connectivity index is 1.24. The number of nitrogens with one attached hydrogen (secondary N) is 2. The molecule has 3 unspecified atom stereocenters. The van der Waals surface area contributed by atoms with Gasteiger partial charge in [0.05, 0.1) is 16.8 Å². The Morgan fingerprint density at radius 1 is 1.04 bits per heavy atom. The molecule has 0 spiro atoms. The molecule has 14 heteroatoms. The molecular formula is C38H39ClN6O7. The van der Waals surface area contributed by atoms with Crippen molar-refractivity contribution < 1.29 is 23.9 Å². The predicted molar refractivity (Wildman–Crippen MR) is 195 cm³/mol. The first kappa shape index (κ1) is 35.0. The topological polar surface area (TPSA) is 154 Å². The highest BCUT2D eigenvalue weighted by Gasteiger charge is 2.40. The number of aryl methyl sites for hydroxylation is 2. The lowest BCUT2D eigenvalue weighted by Crippen LogP contribution is -2.43. The first-order valence-electron chi connectivity index (χ1n) is 17.3. The molecule has 52 heavy (non-hydrogen) atoms. The fourth-order valence-corrected chi connectivity index (χ4v) is 7.62. The molecule has 3 amide bonds. The van der Waals surface area contributed by atoms with Crippen LogP contribution in [0.25, 0.3) is 22.4 Å². The van der Waals surface area contributed by atoms with Gasteiger partial charge in [-0.1, -0.05) is 48.9 Å². The number of carbonyl (C=O) groups is 3. The smallest absolute Gasteiger partial charge is 0.410 e. The number of anilines is 1. The number of amides is 3. The normalized spacial score (nSPS) is 19.6. The fourth-order valence-electron chi connectivity index (χ4n) is 7.30. The minimum Gasteiger partial charge on any atom is -0.470 e. The number of hydrogen-bond donors (Lipinski definition) is 2. The van der Waals surface area contributed by atoms with E-state index in [1.54, 1.807) is 17.0 Å². The Morgan fingerprint density at radius 3 is 2.54 bits per heavy atom. The van der Waals surface area contributed by atoms with Crippen LogP contribution in [0.4, 0.5) is 10.5 Å². The monoisotopic (exact) mass is 726 g/mol. The molecule has 3 atom stereocenters. The standard InChI is InChI=1S/C38H39ClN6O7/c1-5-23-19-51-38(50)45(17-22-13-15-31(46)40-22)30-14-12-21-16-29(42-35(52-23)32(21)30)26-10-6-9-25(33(26)39)24-8-7-11-28(20(24)2)41-34(47)27-18-43(3)37(49)44(4)36(27)48/h6-11,16,18,22-23,30H,5,12-15,17,19H2,1-4H3,(H,40,46)(H,41,47). The van der Waals surface area contributed by atoms with E-state index < -0.39 is 29.4 Å². The van der Waals surface area contributed by atoms with Gasteiger partial charge in [-0.25, -0.2) is 14.6 Å². The maximum atomic E-state index is 13.4. The number of nitrogens with zero attached hydrogens (tertiary/aromatic N) is 4. The Bertz CT molecular complexity index is 2250. The summed E-state index contributed by atoms with van der Waals surface area (Å²) in [7, 11) is 2.80. The second-order valence-corrected chi connectivity index (χ2v) is 13.9. The van der Waals surface area contributed by atoms with E-state index in [1.165, 1.54) is 24.9 Å². The average molecular weight is 727 g/mol. The summed E-state index contributed by atoms with van der Waals surface area (Å²) in [6.45, 7) is 4.21. The summed E-state index contributed by atoms with van der Waals surface area (Å²) in [5, 5.41) is 6.25. The van der Waals surface area contributed by atoms with E-state index in [9.17, 15) is 24.0 Å². The van der Waals surface area contributed by atoms with Crippen molar-refractivity contribution in [3.8, 4) is 28.3 Å². The number of carbonyl (C=O) groups excluding carboxylic acids is 3. The summed E-state index contributed by atoms with van der Waals surface area (Å²) in [4.78, 5) is 70.3. The van der Waals surface area contributed by atoms with Crippen LogP contribution in [-0.4, -0.2) is 62.2 Å². The lowest BCUT2D eigenvalue weighted by Gasteiger charge is -2.30. The molecule has 4 aromatic rings. The first-order valence-corrected chi connectivity index (χ1v) is 17.7. The maximum absolute atomic E-state index is 13.4. The Hall–Kier alpha value is -5.43. The Morgan fingerprint density at radius 2 is 1.79 bits per heavy atom. The van der Waals surface area contributed by atoms with Crippen LogP contribution < -0.4 is 26.6 Å². The zero-order valence-electron chi connectivity index (χ0n) is 29.3. The van der Waals surface area contributed by atoms with Gasteiger partial charge in [0.1, 0.15) is 18.3 Å². The fraction of sp³-hybridized carbons (Fsp3) is 0.368. The van der Waals surface area contributed by atoms with E-state index in [4.69, 9.17) is 26.1 Å². The van der Waals surface area contributed by atoms with Crippen molar-refractivity contribution in [1.29, 1.82) is 0 Å². The van der Waals surface area contributed by atoms with Crippen LogP contribution in [-0.2, 0) is 30.0 Å². The first-order chi connectivity index (χ1) is 24.9. The summed E-state index contributed by atoms with van der Waals surface area (Å²) < 4.78 is 14.3. The van der Waals surface area contributed by atoms with Crippen molar-refractivity contribution in [3.05, 3.63) is 96.8 Å². The van der Waals surface area contributed by atoms with Crippen LogP contribution in [0.15, 0.2) is 58.3 Å². The third kappa shape index (κ3) is 6.33. The number of benzene rings is 2. The van der Waals surface area contributed by atoms with Gasteiger partial charge in [0.25, 0.3) is 11.5 Å². The molecule has 2 aromatic heterocycles. The molecule has 0 bridgehead atoms. The molecule has 270 valence electrons. The number of hydrogen-bond acceptors (Lipinski definition) is 8. The molecule has 3 aliphatic rings. The van der Waals surface area contributed by atoms with E-state index in [1.807, 2.05) is 44.2 Å². The van der Waals surface area contributed by atoms with Gasteiger partial charge in [0.2, 0.25) is 11.8 Å². The van der Waals surface area contributed by atoms with Gasteiger partial charge in [-0.05, 0) is 61.4 Å². The van der Waals surface area contributed by atoms with Crippen LogP contribution in [0, 0.1) is 6.92 Å². The van der Waals surface area contributed by atoms with Crippen LogP contribution >= 0.6 is 11.6 Å². The third-order valence-corrected chi connectivity index (χ3v) is 10.6. The van der Waals surface area contributed by atoms with E-state index in [2.05, 4.69) is 10.6 Å². The molecule has 0 saturated carbocycles. The van der Waals surface area contributed by atoms with Crippen molar-refractivity contribution in [2.75, 3.05) is 18.5 Å². The Kier molecular flexibility index (Phi) is 9.38. The SMILES string of the molecule is CCC1COC(=O)N(CC2CCC(=O)N2)C2CCc3cc(-c4cccc(-c5cccc(NC(=O)c6cn(C)c(=O)n(C)c6=O)c5C)c4Cl)nc(c32)O1. The number of rotatable bonds is 7. The second-order valence-electron chi connectivity index (χ2n) is 13.5. The number of ether oxygens (including phenoxy) is 2. The number of pyridine rings is 1. The van der Waals surface area contributed by atoms with Gasteiger partial charge in [-0.15, -0.1) is 0 Å². The highest BCUT2D eigenvalue weighted by atomic mass is 35.5. The molecule has 1 saturated heterocycles. The minimum atomic E-state index is -0.692. The molecule has 1 aliphatic carbocycles. The van der Waals surface area contributed by atoms with E-state index in [-0.39, 0.29) is 30.2 Å². The largest absolute Gasteiger partial charge is 0.470 e. The predicted octanol–water partition coefficient (Wildman–Crippen LogP) is 4.90. The maximum Gasteiger partial charge on any atom is 0.410 e. The van der Waals surface area contributed by atoms with Crippen LogP contribution in [0.3, 0.4) is 0 Å². The lowest BCUT2D eigenvalue weighted by atomic mass is 9.96. The minimum absolute atomic E-state index is 0.0185. The summed E-state index contributed by atoms with van der Waals surface area (Å²) in [5.41, 5.74) is 4.43. The van der Waals surface area contributed by atoms with Crippen molar-refractivity contribution in [2.24, 2.45) is 14.1 Å². The van der Waals surface area contributed by atoms with Crippen molar-refractivity contribution in [3.63, 3.8) is 0 Å². The molecule has 2 aliphatic heterocycles. The molecule has 7 rings (SSSR count). The van der Waals surface area contributed by atoms with Crippen LogP contribution in [0.1, 0.15) is 65.7 Å². The van der Waals surface area contributed by atoms with E-state index in [0.717, 1.165) is 26.8 Å². The van der Waals surface area contributed by atoms with Gasteiger partial charge < -0.3 is 24.7 Å². The highest BCUT2D eigenvalue weighted by Crippen LogP contribution is 2.46. The Labute approximate surface area is 304 Å². The summed E-state index contributed by atoms with van der Waals surface area (Å²) >= 11 is 7.20. The number of cyclic esters (lactones) is 1. The van der Waals surface area contributed by atoms with Crippen LogP contribution in [0.5, 0.6) is 5.88 Å². The quantitative estimate of drug-likeness (QED) is 0.273. The van der Waals surface area contributed by atoms with Gasteiger partial charge in [-0.3, -0.25) is 23.9 Å². The lowest BCUT2D eigenvalue weighted by molar-refractivity contribution is -0.119. The molecule has 0 radical (unpaired) electrons. The van der Waals surface area contributed by atoms with Crippen molar-refractivity contribution >= 4 is 35.2 Å². The molecule has 2 N–H and O–H groups in total. The third-order valence-electron chi connectivity index (χ3n) is 10.2. The number of aromatic nitrogens is 3.